The number of ketones is 1. The molecule has 128 valence electrons. The van der Waals surface area contributed by atoms with Crippen molar-refractivity contribution in [3.8, 4) is 23.7 Å². The van der Waals surface area contributed by atoms with E-state index in [0.29, 0.717) is 47.6 Å². The zero-order valence-corrected chi connectivity index (χ0v) is 13.9. The number of terminal acetylenes is 1. The second-order valence-corrected chi connectivity index (χ2v) is 6.72. The van der Waals surface area contributed by atoms with E-state index in [0.717, 1.165) is 5.56 Å². The maximum absolute atomic E-state index is 13.7. The van der Waals surface area contributed by atoms with Gasteiger partial charge in [-0.3, -0.25) is 9.59 Å². The number of allylic oxidation sites excluding steroid dienone is 1. The molecule has 2 N–H and O–H groups in total. The van der Waals surface area contributed by atoms with Gasteiger partial charge in [0.25, 0.3) is 6.01 Å². The first kappa shape index (κ1) is 15.0. The molecule has 1 aromatic carbocycles. The summed E-state index contributed by atoms with van der Waals surface area (Å²) in [6, 6.07) is 7.40. The molecule has 3 aliphatic rings. The van der Waals surface area contributed by atoms with E-state index in [1.165, 1.54) is 0 Å². The van der Waals surface area contributed by atoms with Crippen molar-refractivity contribution in [2.45, 2.75) is 24.7 Å². The van der Waals surface area contributed by atoms with Gasteiger partial charge in [-0.25, -0.2) is 0 Å². The van der Waals surface area contributed by atoms with Gasteiger partial charge in [-0.05, 0) is 18.4 Å². The van der Waals surface area contributed by atoms with Gasteiger partial charge in [0.1, 0.15) is 5.69 Å². The molecular weight excluding hydrogens is 330 g/mol. The molecule has 0 saturated carbocycles. The van der Waals surface area contributed by atoms with Gasteiger partial charge in [-0.1, -0.05) is 30.2 Å². The Morgan fingerprint density at radius 3 is 2.92 bits per heavy atom. The maximum atomic E-state index is 13.7. The van der Waals surface area contributed by atoms with E-state index in [9.17, 15) is 9.59 Å². The molecule has 0 radical (unpaired) electrons. The van der Waals surface area contributed by atoms with Crippen molar-refractivity contribution in [1.29, 1.82) is 0 Å². The number of nitrogens with two attached hydrogens (primary N) is 1. The summed E-state index contributed by atoms with van der Waals surface area (Å²) in [6.07, 6.45) is 7.25. The van der Waals surface area contributed by atoms with Gasteiger partial charge >= 0.3 is 0 Å². The molecule has 26 heavy (non-hydrogen) atoms. The summed E-state index contributed by atoms with van der Waals surface area (Å²) in [7, 11) is 0. The molecule has 1 amide bonds. The Labute approximate surface area is 149 Å². The van der Waals surface area contributed by atoms with Gasteiger partial charge in [0, 0.05) is 23.3 Å². The van der Waals surface area contributed by atoms with Crippen LogP contribution in [-0.4, -0.2) is 28.1 Å². The van der Waals surface area contributed by atoms with Crippen LogP contribution in [0.5, 0.6) is 0 Å². The topological polar surface area (TPSA) is 89.4 Å². The van der Waals surface area contributed by atoms with Crippen LogP contribution in [0.25, 0.3) is 11.3 Å². The number of aromatic nitrogens is 1. The average Bonchev–Trinajstić information content (AvgIpc) is 3.22. The fraction of sp³-hybridized carbons (Fsp3) is 0.250. The van der Waals surface area contributed by atoms with Crippen LogP contribution in [0, 0.1) is 12.3 Å². The highest BCUT2D eigenvalue weighted by molar-refractivity contribution is 6.16. The second kappa shape index (κ2) is 4.85. The Kier molecular flexibility index (Phi) is 2.79. The lowest BCUT2D eigenvalue weighted by atomic mass is 9.71. The van der Waals surface area contributed by atoms with Gasteiger partial charge in [0.2, 0.25) is 5.91 Å². The average molecular weight is 345 g/mol. The predicted molar refractivity (Wildman–Crippen MR) is 93.6 cm³/mol. The third kappa shape index (κ3) is 1.51. The Hall–Kier alpha value is -3.33. The minimum Gasteiger partial charge on any atom is -0.423 e. The van der Waals surface area contributed by atoms with Gasteiger partial charge in [-0.2, -0.15) is 4.98 Å². The molecule has 6 heteroatoms. The van der Waals surface area contributed by atoms with Crippen LogP contribution in [0.2, 0.25) is 0 Å². The number of fused-ring (bicyclic) bond motifs is 6. The molecule has 1 atom stereocenters. The summed E-state index contributed by atoms with van der Waals surface area (Å²) in [5.74, 6) is 2.72. The van der Waals surface area contributed by atoms with Crippen LogP contribution in [-0.2, 0) is 15.0 Å². The number of nitrogens with zero attached hydrogens (tertiary/aromatic N) is 2. The van der Waals surface area contributed by atoms with Crippen LogP contribution in [0.4, 0.5) is 6.01 Å². The Morgan fingerprint density at radius 2 is 2.12 bits per heavy atom. The lowest BCUT2D eigenvalue weighted by molar-refractivity contribution is -0.131. The Balaban J connectivity index is 1.91. The fourth-order valence-corrected chi connectivity index (χ4v) is 4.59. The van der Waals surface area contributed by atoms with Gasteiger partial charge in [0.15, 0.2) is 17.0 Å². The van der Waals surface area contributed by atoms with Crippen molar-refractivity contribution in [3.05, 3.63) is 46.8 Å². The highest BCUT2D eigenvalue weighted by Crippen LogP contribution is 2.59. The third-order valence-electron chi connectivity index (χ3n) is 5.48. The number of carbonyl (C=O) groups is 2. The summed E-state index contributed by atoms with van der Waals surface area (Å²) >= 11 is 0. The number of Topliss-reactive ketones (excluding diaryl/α,β-unsaturated/α-hetero) is 1. The molecule has 2 heterocycles. The number of hydrogen-bond donors (Lipinski definition) is 1. The van der Waals surface area contributed by atoms with E-state index >= 15 is 0 Å². The van der Waals surface area contributed by atoms with Crippen molar-refractivity contribution < 1.29 is 14.0 Å². The van der Waals surface area contributed by atoms with Crippen LogP contribution in [0.15, 0.2) is 40.0 Å². The molecule has 5 rings (SSSR count). The summed E-state index contributed by atoms with van der Waals surface area (Å²) < 4.78 is 5.62. The maximum Gasteiger partial charge on any atom is 0.292 e. The predicted octanol–water partition coefficient (Wildman–Crippen LogP) is 2.01. The molecular formula is C20H15N3O3. The van der Waals surface area contributed by atoms with Crippen molar-refractivity contribution in [2.75, 3.05) is 12.3 Å². The first-order valence-electron chi connectivity index (χ1n) is 8.49. The van der Waals surface area contributed by atoms with E-state index in [1.54, 1.807) is 4.90 Å². The SMILES string of the molecule is C#CCN1C(=O)[C@]2(C3=C1CCCC3=O)c1ccccc1-c1oc(N)nc12. The monoisotopic (exact) mass is 345 g/mol. The van der Waals surface area contributed by atoms with E-state index in [2.05, 4.69) is 10.9 Å². The Morgan fingerprint density at radius 1 is 1.31 bits per heavy atom. The van der Waals surface area contributed by atoms with E-state index in [-0.39, 0.29) is 24.2 Å². The molecule has 1 spiro atoms. The lowest BCUT2D eigenvalue weighted by Gasteiger charge is -2.26. The third-order valence-corrected chi connectivity index (χ3v) is 5.48. The molecule has 2 aromatic rings. The molecule has 6 nitrogen and oxygen atoms in total. The second-order valence-electron chi connectivity index (χ2n) is 6.72. The molecule has 0 unspecified atom stereocenters. The van der Waals surface area contributed by atoms with E-state index in [4.69, 9.17) is 16.6 Å². The van der Waals surface area contributed by atoms with Gasteiger partial charge in [0.05, 0.1) is 6.54 Å². The lowest BCUT2D eigenvalue weighted by Crippen LogP contribution is -2.42. The summed E-state index contributed by atoms with van der Waals surface area (Å²) in [5.41, 5.74) is 7.58. The first-order valence-corrected chi connectivity index (χ1v) is 8.49. The normalized spacial score (nSPS) is 23.3. The summed E-state index contributed by atoms with van der Waals surface area (Å²) in [5, 5.41) is 0. The van der Waals surface area contributed by atoms with Crippen LogP contribution in [0.3, 0.4) is 0 Å². The number of rotatable bonds is 1. The molecule has 0 saturated heterocycles. The molecule has 1 aliphatic heterocycles. The first-order chi connectivity index (χ1) is 12.6. The fourth-order valence-electron chi connectivity index (χ4n) is 4.59. The van der Waals surface area contributed by atoms with Crippen molar-refractivity contribution >= 4 is 17.7 Å². The molecule has 0 fully saturated rings. The van der Waals surface area contributed by atoms with E-state index < -0.39 is 5.41 Å². The molecule has 2 aliphatic carbocycles. The van der Waals surface area contributed by atoms with Crippen LogP contribution < -0.4 is 5.73 Å². The standard InChI is InChI=1S/C20H15N3O3/c1-2-10-23-13-8-5-9-14(24)15(13)20(18(23)25)12-7-4-3-6-11(12)16-17(20)22-19(21)26-16/h1,3-4,6-7H,5,8-10H2,(H2,21,22)/t20-/m0/s1. The minimum atomic E-state index is -1.29. The number of amides is 1. The van der Waals surface area contributed by atoms with Gasteiger partial charge < -0.3 is 15.1 Å². The van der Waals surface area contributed by atoms with Crippen molar-refractivity contribution in [2.24, 2.45) is 0 Å². The highest BCUT2D eigenvalue weighted by Gasteiger charge is 2.63. The quantitative estimate of drug-likeness (QED) is 0.799. The number of carbonyl (C=O) groups excluding carboxylic acids is 2. The molecule has 0 bridgehead atoms. The van der Waals surface area contributed by atoms with Crippen LogP contribution in [0.1, 0.15) is 30.5 Å². The zero-order chi connectivity index (χ0) is 18.1. The van der Waals surface area contributed by atoms with Crippen molar-refractivity contribution in [3.63, 3.8) is 0 Å². The van der Waals surface area contributed by atoms with E-state index in [1.807, 2.05) is 24.3 Å². The van der Waals surface area contributed by atoms with Crippen molar-refractivity contribution in [1.82, 2.24) is 9.88 Å². The number of benzene rings is 1. The minimum absolute atomic E-state index is 0.0162. The largest absolute Gasteiger partial charge is 0.423 e. The number of anilines is 1. The number of oxazole rings is 1. The number of hydrogen-bond acceptors (Lipinski definition) is 5. The highest BCUT2D eigenvalue weighted by atomic mass is 16.4. The van der Waals surface area contributed by atoms with Crippen LogP contribution >= 0.6 is 0 Å². The summed E-state index contributed by atoms with van der Waals surface area (Å²) in [6.45, 7) is 0.123. The summed E-state index contributed by atoms with van der Waals surface area (Å²) in [4.78, 5) is 32.6. The zero-order valence-electron chi connectivity index (χ0n) is 13.9. The Bertz CT molecular complexity index is 1070. The number of nitrogen functional groups attached to an aromatic ring is 1. The molecule has 1 aromatic heterocycles. The smallest absolute Gasteiger partial charge is 0.292 e. The van der Waals surface area contributed by atoms with Gasteiger partial charge in [-0.15, -0.1) is 6.42 Å².